The van der Waals surface area contributed by atoms with Crippen molar-refractivity contribution >= 4 is 21.6 Å². The van der Waals surface area contributed by atoms with Crippen molar-refractivity contribution in [2.45, 2.75) is 23.8 Å². The molecule has 0 radical (unpaired) electrons. The van der Waals surface area contributed by atoms with E-state index in [2.05, 4.69) is 0 Å². The van der Waals surface area contributed by atoms with Gasteiger partial charge in [0.1, 0.15) is 5.75 Å². The summed E-state index contributed by atoms with van der Waals surface area (Å²) in [4.78, 5) is 22.5. The number of sulfonamides is 1. The van der Waals surface area contributed by atoms with Gasteiger partial charge >= 0.3 is 0 Å². The summed E-state index contributed by atoms with van der Waals surface area (Å²) in [5, 5.41) is 11.3. The van der Waals surface area contributed by atoms with E-state index in [1.54, 1.807) is 30.3 Å². The van der Waals surface area contributed by atoms with Crippen LogP contribution in [0.3, 0.4) is 0 Å². The van der Waals surface area contributed by atoms with Gasteiger partial charge in [0.15, 0.2) is 4.90 Å². The number of carbonyl (C=O) groups is 1. The Morgan fingerprint density at radius 2 is 1.96 bits per heavy atom. The Bertz CT molecular complexity index is 1050. The van der Waals surface area contributed by atoms with Crippen molar-refractivity contribution in [3.8, 4) is 5.75 Å². The van der Waals surface area contributed by atoms with Crippen LogP contribution in [0.15, 0.2) is 65.6 Å². The fourth-order valence-electron chi connectivity index (χ4n) is 3.16. The van der Waals surface area contributed by atoms with Crippen molar-refractivity contribution in [1.29, 1.82) is 0 Å². The van der Waals surface area contributed by atoms with Crippen LogP contribution < -0.4 is 4.74 Å². The Balaban J connectivity index is 2.02. The first-order chi connectivity index (χ1) is 13.3. The molecule has 0 saturated heterocycles. The number of para-hydroxylation sites is 1. The largest absolute Gasteiger partial charge is 0.497 e. The second kappa shape index (κ2) is 7.81. The molecule has 1 aliphatic heterocycles. The fraction of sp³-hybridized carbons (Fsp3) is 0.211. The van der Waals surface area contributed by atoms with Gasteiger partial charge in [0, 0.05) is 12.1 Å². The molecule has 1 heterocycles. The second-order valence-corrected chi connectivity index (χ2v) is 7.99. The van der Waals surface area contributed by atoms with Crippen LogP contribution in [0.1, 0.15) is 12.0 Å². The molecule has 146 valence electrons. The Hall–Kier alpha value is -3.20. The Kier molecular flexibility index (Phi) is 5.46. The van der Waals surface area contributed by atoms with E-state index in [0.29, 0.717) is 12.2 Å². The summed E-state index contributed by atoms with van der Waals surface area (Å²) in [7, 11) is -2.89. The summed E-state index contributed by atoms with van der Waals surface area (Å²) >= 11 is 0. The van der Waals surface area contributed by atoms with Gasteiger partial charge in [-0.15, -0.1) is 0 Å². The maximum Gasteiger partial charge on any atom is 0.289 e. The molecule has 0 bridgehead atoms. The zero-order chi connectivity index (χ0) is 20.3. The van der Waals surface area contributed by atoms with Crippen molar-refractivity contribution in [3.05, 3.63) is 76.4 Å². The van der Waals surface area contributed by atoms with Crippen molar-refractivity contribution in [3.63, 3.8) is 0 Å². The van der Waals surface area contributed by atoms with Crippen LogP contribution in [-0.2, 0) is 21.2 Å². The maximum absolute atomic E-state index is 13.2. The van der Waals surface area contributed by atoms with E-state index in [-0.39, 0.29) is 6.42 Å². The van der Waals surface area contributed by atoms with Gasteiger partial charge in [-0.3, -0.25) is 14.9 Å². The molecule has 2 aromatic carbocycles. The van der Waals surface area contributed by atoms with Gasteiger partial charge in [-0.25, -0.2) is 12.7 Å². The summed E-state index contributed by atoms with van der Waals surface area (Å²) < 4.78 is 32.3. The molecule has 0 saturated carbocycles. The zero-order valence-electron chi connectivity index (χ0n) is 15.0. The lowest BCUT2D eigenvalue weighted by Crippen LogP contribution is -2.46. The molecule has 9 heteroatoms. The second-order valence-electron chi connectivity index (χ2n) is 6.21. The summed E-state index contributed by atoms with van der Waals surface area (Å²) in [6, 6.07) is 11.4. The molecular weight excluding hydrogens is 384 g/mol. The number of rotatable bonds is 6. The van der Waals surface area contributed by atoms with E-state index in [1.165, 1.54) is 25.3 Å². The molecule has 0 N–H and O–H groups in total. The van der Waals surface area contributed by atoms with Crippen molar-refractivity contribution in [2.24, 2.45) is 0 Å². The molecule has 0 fully saturated rings. The van der Waals surface area contributed by atoms with Crippen molar-refractivity contribution in [2.75, 3.05) is 7.11 Å². The average molecular weight is 402 g/mol. The number of nitro benzene ring substituents is 1. The fourth-order valence-corrected chi connectivity index (χ4v) is 4.88. The SMILES string of the molecule is COc1cccc(CC2CC=CC(=O)N2S(=O)(=O)c2ccccc2[N+](=O)[O-])c1. The zero-order valence-corrected chi connectivity index (χ0v) is 15.8. The third-order valence-corrected chi connectivity index (χ3v) is 6.32. The number of amides is 1. The molecule has 1 aliphatic rings. The first-order valence-corrected chi connectivity index (χ1v) is 9.90. The van der Waals surface area contributed by atoms with Crippen molar-refractivity contribution < 1.29 is 22.9 Å². The molecule has 0 spiro atoms. The minimum Gasteiger partial charge on any atom is -0.497 e. The van der Waals surface area contributed by atoms with Gasteiger partial charge < -0.3 is 4.74 Å². The number of nitrogens with zero attached hydrogens (tertiary/aromatic N) is 2. The van der Waals surface area contributed by atoms with Crippen LogP contribution in [0, 0.1) is 10.1 Å². The Morgan fingerprint density at radius 1 is 1.21 bits per heavy atom. The smallest absolute Gasteiger partial charge is 0.289 e. The monoisotopic (exact) mass is 402 g/mol. The van der Waals surface area contributed by atoms with Crippen LogP contribution >= 0.6 is 0 Å². The number of hydrogen-bond donors (Lipinski definition) is 0. The lowest BCUT2D eigenvalue weighted by atomic mass is 10.0. The lowest BCUT2D eigenvalue weighted by molar-refractivity contribution is -0.387. The molecule has 1 amide bonds. The standard InChI is InChI=1S/C19H18N2O6S/c1-27-16-8-4-6-14(13-16)12-15-7-5-11-19(22)20(15)28(25,26)18-10-3-2-9-17(18)21(23)24/h2-6,8-11,13,15H,7,12H2,1H3. The number of carbonyl (C=O) groups excluding carboxylic acids is 1. The van der Waals surface area contributed by atoms with Crippen LogP contribution in [0.2, 0.25) is 0 Å². The Morgan fingerprint density at radius 3 is 2.68 bits per heavy atom. The minimum atomic E-state index is -4.41. The summed E-state index contributed by atoms with van der Waals surface area (Å²) in [6.07, 6.45) is 3.35. The summed E-state index contributed by atoms with van der Waals surface area (Å²) in [5.41, 5.74) is 0.222. The third kappa shape index (κ3) is 3.74. The number of methoxy groups -OCH3 is 1. The number of nitro groups is 1. The molecule has 3 rings (SSSR count). The Labute approximate surface area is 162 Å². The highest BCUT2D eigenvalue weighted by atomic mass is 32.2. The van der Waals surface area contributed by atoms with Crippen molar-refractivity contribution in [1.82, 2.24) is 4.31 Å². The van der Waals surface area contributed by atoms with E-state index < -0.39 is 37.5 Å². The van der Waals surface area contributed by atoms with E-state index in [1.807, 2.05) is 0 Å². The van der Waals surface area contributed by atoms with Crippen LogP contribution in [0.25, 0.3) is 0 Å². The predicted molar refractivity (Wildman–Crippen MR) is 101 cm³/mol. The maximum atomic E-state index is 13.2. The molecule has 0 aromatic heterocycles. The topological polar surface area (TPSA) is 107 Å². The van der Waals surface area contributed by atoms with E-state index in [0.717, 1.165) is 22.0 Å². The highest BCUT2D eigenvalue weighted by Crippen LogP contribution is 2.31. The first-order valence-electron chi connectivity index (χ1n) is 8.46. The minimum absolute atomic E-state index is 0.257. The lowest BCUT2D eigenvalue weighted by Gasteiger charge is -2.32. The van der Waals surface area contributed by atoms with Gasteiger partial charge in [0.25, 0.3) is 21.6 Å². The predicted octanol–water partition coefficient (Wildman–Crippen LogP) is 2.69. The van der Waals surface area contributed by atoms with Gasteiger partial charge in [0.05, 0.1) is 18.1 Å². The molecule has 2 aromatic rings. The molecule has 28 heavy (non-hydrogen) atoms. The van der Waals surface area contributed by atoms with Gasteiger partial charge in [-0.05, 0) is 36.6 Å². The van der Waals surface area contributed by atoms with E-state index in [9.17, 15) is 23.3 Å². The van der Waals surface area contributed by atoms with Gasteiger partial charge in [-0.1, -0.05) is 30.3 Å². The van der Waals surface area contributed by atoms with E-state index in [4.69, 9.17) is 4.74 Å². The quantitative estimate of drug-likeness (QED) is 0.543. The first kappa shape index (κ1) is 19.6. The van der Waals surface area contributed by atoms with Crippen LogP contribution in [0.4, 0.5) is 5.69 Å². The van der Waals surface area contributed by atoms with Gasteiger partial charge in [-0.2, -0.15) is 0 Å². The molecular formula is C19H18N2O6S. The molecule has 0 aliphatic carbocycles. The van der Waals surface area contributed by atoms with Crippen LogP contribution in [0.5, 0.6) is 5.75 Å². The summed E-state index contributed by atoms with van der Waals surface area (Å²) in [6.45, 7) is 0. The number of benzene rings is 2. The number of hydrogen-bond acceptors (Lipinski definition) is 6. The average Bonchev–Trinajstić information content (AvgIpc) is 2.68. The summed E-state index contributed by atoms with van der Waals surface area (Å²) in [5.74, 6) is -0.111. The third-order valence-electron chi connectivity index (χ3n) is 4.42. The number of ether oxygens (including phenoxy) is 1. The normalized spacial score (nSPS) is 16.8. The van der Waals surface area contributed by atoms with Crippen LogP contribution in [-0.4, -0.2) is 36.7 Å². The highest BCUT2D eigenvalue weighted by Gasteiger charge is 2.39. The molecule has 8 nitrogen and oxygen atoms in total. The highest BCUT2D eigenvalue weighted by molar-refractivity contribution is 7.89. The van der Waals surface area contributed by atoms with E-state index >= 15 is 0 Å². The molecule has 1 unspecified atom stereocenters. The molecule has 1 atom stereocenters. The van der Waals surface area contributed by atoms with Gasteiger partial charge in [0.2, 0.25) is 0 Å².